The van der Waals surface area contributed by atoms with Gasteiger partial charge in [-0.25, -0.2) is 13.2 Å². The van der Waals surface area contributed by atoms with Gasteiger partial charge in [0.2, 0.25) is 0 Å². The molecule has 27 heavy (non-hydrogen) atoms. The van der Waals surface area contributed by atoms with Crippen LogP contribution >= 0.6 is 0 Å². The van der Waals surface area contributed by atoms with Crippen molar-refractivity contribution in [1.29, 1.82) is 5.26 Å². The maximum atomic E-state index is 12.5. The van der Waals surface area contributed by atoms with Gasteiger partial charge in [-0.2, -0.15) is 5.26 Å². The molecule has 2 rings (SSSR count). The average Bonchev–Trinajstić information content (AvgIpc) is 2.65. The number of carbonyl (C=O) groups excluding carboxylic acids is 2. The number of aryl methyl sites for hydroxylation is 1. The van der Waals surface area contributed by atoms with Crippen molar-refractivity contribution < 1.29 is 22.7 Å². The standard InChI is InChI=1S/C19H24N2O5S/c1-14-7-8-15(27(3,24)25)11-16(14)18(23)26-12-17(22)21(2)19(13-20)9-5-4-6-10-19/h7-8,11H,4-6,9-10,12H2,1-3H3. The highest BCUT2D eigenvalue weighted by molar-refractivity contribution is 7.90. The second kappa shape index (κ2) is 8.09. The normalized spacial score (nSPS) is 16.2. The van der Waals surface area contributed by atoms with Gasteiger partial charge in [0, 0.05) is 13.3 Å². The Labute approximate surface area is 159 Å². The van der Waals surface area contributed by atoms with Crippen molar-refractivity contribution in [3.8, 4) is 6.07 Å². The van der Waals surface area contributed by atoms with Crippen molar-refractivity contribution in [2.75, 3.05) is 19.9 Å². The van der Waals surface area contributed by atoms with E-state index in [1.807, 2.05) is 0 Å². The molecule has 0 radical (unpaired) electrons. The van der Waals surface area contributed by atoms with Crippen LogP contribution in [0.25, 0.3) is 0 Å². The zero-order chi connectivity index (χ0) is 20.2. The zero-order valence-electron chi connectivity index (χ0n) is 15.8. The van der Waals surface area contributed by atoms with Gasteiger partial charge in [0.05, 0.1) is 16.5 Å². The highest BCUT2D eigenvalue weighted by atomic mass is 32.2. The number of hydrogen-bond acceptors (Lipinski definition) is 6. The van der Waals surface area contributed by atoms with E-state index in [9.17, 15) is 23.3 Å². The molecule has 8 heteroatoms. The molecule has 0 bridgehead atoms. The number of hydrogen-bond donors (Lipinski definition) is 0. The summed E-state index contributed by atoms with van der Waals surface area (Å²) in [5.74, 6) is -1.22. The Morgan fingerprint density at radius 2 is 1.89 bits per heavy atom. The minimum absolute atomic E-state index is 0.00846. The summed E-state index contributed by atoms with van der Waals surface area (Å²) >= 11 is 0. The van der Waals surface area contributed by atoms with Crippen LogP contribution in [0.2, 0.25) is 0 Å². The number of nitriles is 1. The Kier molecular flexibility index (Phi) is 6.26. The maximum Gasteiger partial charge on any atom is 0.338 e. The number of carbonyl (C=O) groups is 2. The number of sulfone groups is 1. The van der Waals surface area contributed by atoms with E-state index in [0.717, 1.165) is 25.5 Å². The number of amides is 1. The molecule has 0 spiro atoms. The van der Waals surface area contributed by atoms with Gasteiger partial charge in [-0.3, -0.25) is 4.79 Å². The van der Waals surface area contributed by atoms with E-state index in [-0.39, 0.29) is 10.5 Å². The van der Waals surface area contributed by atoms with Gasteiger partial charge < -0.3 is 9.64 Å². The number of esters is 1. The Bertz CT molecular complexity index is 880. The first-order valence-corrected chi connectivity index (χ1v) is 10.7. The molecule has 1 saturated carbocycles. The van der Waals surface area contributed by atoms with Crippen molar-refractivity contribution in [2.24, 2.45) is 0 Å². The monoisotopic (exact) mass is 392 g/mol. The average molecular weight is 392 g/mol. The molecule has 0 saturated heterocycles. The van der Waals surface area contributed by atoms with Crippen molar-refractivity contribution in [1.82, 2.24) is 4.90 Å². The molecule has 146 valence electrons. The summed E-state index contributed by atoms with van der Waals surface area (Å²) in [5.41, 5.74) is -0.205. The highest BCUT2D eigenvalue weighted by Gasteiger charge is 2.39. The SMILES string of the molecule is Cc1ccc(S(C)(=O)=O)cc1C(=O)OCC(=O)N(C)C1(C#N)CCCCC1. The predicted octanol–water partition coefficient (Wildman–Crippen LogP) is 2.24. The molecule has 1 aliphatic carbocycles. The number of ether oxygens (including phenoxy) is 1. The van der Waals surface area contributed by atoms with Crippen molar-refractivity contribution in [3.05, 3.63) is 29.3 Å². The van der Waals surface area contributed by atoms with Gasteiger partial charge >= 0.3 is 5.97 Å². The molecule has 0 aliphatic heterocycles. The smallest absolute Gasteiger partial charge is 0.338 e. The molecule has 1 fully saturated rings. The minimum Gasteiger partial charge on any atom is -0.452 e. The lowest BCUT2D eigenvalue weighted by atomic mass is 9.81. The molecule has 0 N–H and O–H groups in total. The first-order chi connectivity index (χ1) is 12.6. The zero-order valence-corrected chi connectivity index (χ0v) is 16.6. The number of likely N-dealkylation sites (N-methyl/N-ethyl adjacent to an activating group) is 1. The first kappa shape index (κ1) is 20.9. The summed E-state index contributed by atoms with van der Waals surface area (Å²) in [6.45, 7) is 1.16. The Morgan fingerprint density at radius 1 is 1.26 bits per heavy atom. The second-order valence-electron chi connectivity index (χ2n) is 6.98. The topological polar surface area (TPSA) is 105 Å². The summed E-state index contributed by atoms with van der Waals surface area (Å²) in [6.07, 6.45) is 5.06. The third-order valence-corrected chi connectivity index (χ3v) is 6.20. The van der Waals surface area contributed by atoms with Crippen LogP contribution in [0.15, 0.2) is 23.1 Å². The quantitative estimate of drug-likeness (QED) is 0.712. The van der Waals surface area contributed by atoms with Gasteiger partial charge in [-0.05, 0) is 37.5 Å². The van der Waals surface area contributed by atoms with Gasteiger partial charge in [-0.1, -0.05) is 25.3 Å². The van der Waals surface area contributed by atoms with E-state index >= 15 is 0 Å². The summed E-state index contributed by atoms with van der Waals surface area (Å²) in [6, 6.07) is 6.44. The van der Waals surface area contributed by atoms with Crippen LogP contribution in [-0.4, -0.2) is 50.6 Å². The van der Waals surface area contributed by atoms with Crippen LogP contribution in [0, 0.1) is 18.3 Å². The van der Waals surface area contributed by atoms with E-state index in [2.05, 4.69) is 6.07 Å². The largest absolute Gasteiger partial charge is 0.452 e. The molecule has 1 aliphatic rings. The Morgan fingerprint density at radius 3 is 2.44 bits per heavy atom. The van der Waals surface area contributed by atoms with E-state index < -0.39 is 33.9 Å². The van der Waals surface area contributed by atoms with Crippen LogP contribution in [0.3, 0.4) is 0 Å². The fourth-order valence-corrected chi connectivity index (χ4v) is 3.90. The summed E-state index contributed by atoms with van der Waals surface area (Å²) < 4.78 is 28.5. The summed E-state index contributed by atoms with van der Waals surface area (Å²) in [4.78, 5) is 26.2. The lowest BCUT2D eigenvalue weighted by Gasteiger charge is -2.38. The molecule has 0 heterocycles. The first-order valence-electron chi connectivity index (χ1n) is 8.76. The maximum absolute atomic E-state index is 12.5. The molecular weight excluding hydrogens is 368 g/mol. The number of benzene rings is 1. The Hall–Kier alpha value is -2.40. The highest BCUT2D eigenvalue weighted by Crippen LogP contribution is 2.32. The van der Waals surface area contributed by atoms with E-state index in [0.29, 0.717) is 18.4 Å². The van der Waals surface area contributed by atoms with Crippen LogP contribution < -0.4 is 0 Å². The molecule has 1 aromatic rings. The fraction of sp³-hybridized carbons (Fsp3) is 0.526. The lowest BCUT2D eigenvalue weighted by Crippen LogP contribution is -2.51. The molecular formula is C19H24N2O5S. The number of rotatable bonds is 5. The van der Waals surface area contributed by atoms with Crippen LogP contribution in [-0.2, 0) is 19.4 Å². The third kappa shape index (κ3) is 4.66. The Balaban J connectivity index is 2.09. The second-order valence-corrected chi connectivity index (χ2v) is 9.00. The van der Waals surface area contributed by atoms with E-state index in [1.54, 1.807) is 14.0 Å². The van der Waals surface area contributed by atoms with Crippen LogP contribution in [0.5, 0.6) is 0 Å². The van der Waals surface area contributed by atoms with E-state index in [4.69, 9.17) is 4.74 Å². The molecule has 0 atom stereocenters. The molecule has 1 amide bonds. The fourth-order valence-electron chi connectivity index (χ4n) is 3.25. The van der Waals surface area contributed by atoms with Gasteiger partial charge in [0.1, 0.15) is 5.54 Å². The predicted molar refractivity (Wildman–Crippen MR) is 98.8 cm³/mol. The van der Waals surface area contributed by atoms with Gasteiger partial charge in [0.15, 0.2) is 16.4 Å². The molecule has 1 aromatic carbocycles. The van der Waals surface area contributed by atoms with Crippen LogP contribution in [0.1, 0.15) is 48.0 Å². The van der Waals surface area contributed by atoms with Crippen molar-refractivity contribution in [3.63, 3.8) is 0 Å². The minimum atomic E-state index is -3.47. The van der Waals surface area contributed by atoms with Crippen molar-refractivity contribution >= 4 is 21.7 Å². The lowest BCUT2D eigenvalue weighted by molar-refractivity contribution is -0.138. The number of nitrogens with zero attached hydrogens (tertiary/aromatic N) is 2. The van der Waals surface area contributed by atoms with E-state index in [1.165, 1.54) is 23.1 Å². The van der Waals surface area contributed by atoms with Crippen LogP contribution in [0.4, 0.5) is 0 Å². The molecule has 0 aromatic heterocycles. The third-order valence-electron chi connectivity index (χ3n) is 5.09. The van der Waals surface area contributed by atoms with Crippen molar-refractivity contribution in [2.45, 2.75) is 49.5 Å². The molecule has 0 unspecified atom stereocenters. The van der Waals surface area contributed by atoms with Gasteiger partial charge in [0.25, 0.3) is 5.91 Å². The van der Waals surface area contributed by atoms with Gasteiger partial charge in [-0.15, -0.1) is 0 Å². The summed E-state index contributed by atoms with van der Waals surface area (Å²) in [7, 11) is -1.91. The molecule has 7 nitrogen and oxygen atoms in total. The summed E-state index contributed by atoms with van der Waals surface area (Å²) in [5, 5.41) is 9.55.